The van der Waals surface area contributed by atoms with E-state index in [1.807, 2.05) is 0 Å². The fourth-order valence-corrected chi connectivity index (χ4v) is 3.51. The third-order valence-corrected chi connectivity index (χ3v) is 4.84. The highest BCUT2D eigenvalue weighted by Gasteiger charge is 2.54. The van der Waals surface area contributed by atoms with E-state index in [4.69, 9.17) is 13.7 Å². The number of esters is 1. The predicted octanol–water partition coefficient (Wildman–Crippen LogP) is 0.701. The predicted molar refractivity (Wildman–Crippen MR) is 95.4 cm³/mol. The van der Waals surface area contributed by atoms with Gasteiger partial charge >= 0.3 is 22.3 Å². The van der Waals surface area contributed by atoms with Crippen molar-refractivity contribution in [3.05, 3.63) is 6.07 Å². The van der Waals surface area contributed by atoms with Gasteiger partial charge in [-0.2, -0.15) is 18.4 Å². The summed E-state index contributed by atoms with van der Waals surface area (Å²) in [4.78, 5) is 31.4. The van der Waals surface area contributed by atoms with Gasteiger partial charge < -0.3 is 14.2 Å². The molecule has 2 rings (SSSR count). The topological polar surface area (TPSA) is 155 Å². The number of nitrogens with zero attached hydrogens (tertiary/aromatic N) is 2. The zero-order valence-electron chi connectivity index (χ0n) is 15.9. The molecular formula is C15H21FN4O8S. The molecule has 29 heavy (non-hydrogen) atoms. The molecule has 0 aromatic carbocycles. The number of hydrogen-bond acceptors (Lipinski definition) is 10. The van der Waals surface area contributed by atoms with Crippen LogP contribution in [0.4, 0.5) is 15.1 Å². The van der Waals surface area contributed by atoms with E-state index in [0.717, 1.165) is 0 Å². The lowest BCUT2D eigenvalue weighted by atomic mass is 10.0. The Kier molecular flexibility index (Phi) is 7.13. The lowest BCUT2D eigenvalue weighted by molar-refractivity contribution is -0.162. The smallest absolute Gasteiger partial charge is 0.364 e. The van der Waals surface area contributed by atoms with Gasteiger partial charge in [-0.1, -0.05) is 0 Å². The molecule has 1 aromatic heterocycles. The number of hydrogen-bond donors (Lipinski definition) is 2. The molecule has 0 radical (unpaired) electrons. The number of nitrogens with one attached hydrogen (secondary N) is 2. The Morgan fingerprint density at radius 2 is 1.90 bits per heavy atom. The Labute approximate surface area is 166 Å². The molecule has 1 fully saturated rings. The van der Waals surface area contributed by atoms with Crippen LogP contribution in [0.2, 0.25) is 0 Å². The highest BCUT2D eigenvalue weighted by atomic mass is 32.2. The van der Waals surface area contributed by atoms with Crippen molar-refractivity contribution in [2.75, 3.05) is 26.1 Å². The molecule has 12 nitrogen and oxygen atoms in total. The summed E-state index contributed by atoms with van der Waals surface area (Å²) in [6.45, 7) is 1.42. The molecule has 0 aliphatic heterocycles. The number of carbonyl (C=O) groups excluding carboxylic acids is 2. The number of methoxy groups -OCH3 is 2. The number of carbonyl (C=O) groups is 2. The molecule has 2 atom stereocenters. The molecule has 2 N–H and O–H groups in total. The fraction of sp³-hybridized carbons (Fsp3) is 0.600. The molecule has 1 heterocycles. The first-order chi connectivity index (χ1) is 13.6. The fourth-order valence-electron chi connectivity index (χ4n) is 2.63. The van der Waals surface area contributed by atoms with E-state index in [9.17, 15) is 22.4 Å². The molecule has 162 valence electrons. The molecular weight excluding hydrogens is 415 g/mol. The van der Waals surface area contributed by atoms with Crippen LogP contribution in [0.5, 0.6) is 11.8 Å². The van der Waals surface area contributed by atoms with E-state index < -0.39 is 34.1 Å². The molecule has 2 amide bonds. The van der Waals surface area contributed by atoms with Gasteiger partial charge in [-0.3, -0.25) is 5.32 Å². The molecule has 1 aromatic rings. The Hall–Kier alpha value is -2.74. The van der Waals surface area contributed by atoms with Crippen LogP contribution < -0.4 is 19.5 Å². The van der Waals surface area contributed by atoms with Gasteiger partial charge in [-0.25, -0.2) is 22.9 Å². The van der Waals surface area contributed by atoms with Gasteiger partial charge in [-0.05, 0) is 26.2 Å². The average Bonchev–Trinajstić information content (AvgIpc) is 3.01. The van der Waals surface area contributed by atoms with Gasteiger partial charge in [0.05, 0.1) is 26.9 Å². The number of rotatable bonds is 8. The first-order valence-electron chi connectivity index (χ1n) is 8.48. The first kappa shape index (κ1) is 22.5. The van der Waals surface area contributed by atoms with E-state index in [-0.39, 0.29) is 43.6 Å². The van der Waals surface area contributed by atoms with Crippen molar-refractivity contribution >= 4 is 28.3 Å². The third kappa shape index (κ3) is 5.63. The second-order valence-electron chi connectivity index (χ2n) is 5.85. The van der Waals surface area contributed by atoms with Gasteiger partial charge in [0.1, 0.15) is 6.10 Å². The number of ether oxygens (including phenoxy) is 3. The van der Waals surface area contributed by atoms with Crippen molar-refractivity contribution < 1.29 is 40.8 Å². The number of amides is 2. The highest BCUT2D eigenvalue weighted by Crippen LogP contribution is 2.37. The van der Waals surface area contributed by atoms with Crippen LogP contribution in [0.1, 0.15) is 26.2 Å². The minimum absolute atomic E-state index is 0.0476. The van der Waals surface area contributed by atoms with Crippen molar-refractivity contribution in [1.82, 2.24) is 14.7 Å². The minimum atomic E-state index is -4.76. The maximum absolute atomic E-state index is 14.9. The van der Waals surface area contributed by atoms with Crippen LogP contribution in [-0.2, 0) is 24.0 Å². The summed E-state index contributed by atoms with van der Waals surface area (Å²) in [7, 11) is -2.13. The van der Waals surface area contributed by atoms with Crippen LogP contribution in [0, 0.1) is 0 Å². The Balaban J connectivity index is 2.05. The Bertz CT molecular complexity index is 846. The summed E-state index contributed by atoms with van der Waals surface area (Å²) in [5.74, 6) is -1.43. The van der Waals surface area contributed by atoms with Crippen LogP contribution in [0.15, 0.2) is 6.07 Å². The molecule has 1 aliphatic rings. The normalized spacial score (nSPS) is 21.3. The summed E-state index contributed by atoms with van der Waals surface area (Å²) >= 11 is 0. The largest absolute Gasteiger partial charge is 0.481 e. The van der Waals surface area contributed by atoms with Crippen molar-refractivity contribution in [3.8, 4) is 11.8 Å². The average molecular weight is 436 g/mol. The van der Waals surface area contributed by atoms with E-state index in [2.05, 4.69) is 20.0 Å². The maximum Gasteiger partial charge on any atom is 0.364 e. The van der Waals surface area contributed by atoms with Crippen LogP contribution in [-0.4, -0.2) is 63.0 Å². The van der Waals surface area contributed by atoms with Gasteiger partial charge in [0.15, 0.2) is 0 Å². The number of alkyl halides is 1. The highest BCUT2D eigenvalue weighted by molar-refractivity contribution is 7.85. The van der Waals surface area contributed by atoms with Crippen LogP contribution >= 0.6 is 0 Å². The van der Waals surface area contributed by atoms with E-state index >= 15 is 0 Å². The number of anilines is 1. The SMILES string of the molecule is CCOC(=O)C1(F)CCCC1OS(=O)(=O)NC(=O)Nc1nc(OC)cc(OC)n1. The Morgan fingerprint density at radius 3 is 2.45 bits per heavy atom. The van der Waals surface area contributed by atoms with Crippen molar-refractivity contribution in [1.29, 1.82) is 0 Å². The molecule has 0 saturated heterocycles. The van der Waals surface area contributed by atoms with Crippen molar-refractivity contribution in [2.24, 2.45) is 0 Å². The summed E-state index contributed by atoms with van der Waals surface area (Å²) in [5.41, 5.74) is -2.62. The molecule has 14 heteroatoms. The van der Waals surface area contributed by atoms with Crippen LogP contribution in [0.3, 0.4) is 0 Å². The zero-order chi connectivity index (χ0) is 21.7. The molecule has 2 unspecified atom stereocenters. The summed E-state index contributed by atoms with van der Waals surface area (Å²) in [5, 5.41) is 2.06. The molecule has 0 bridgehead atoms. The standard InChI is InChI=1S/C15H21FN4O8S/c1-4-27-12(21)15(16)7-5-6-9(15)28-29(23,24)20-14(22)19-13-17-10(25-2)8-11(18-13)26-3/h8-9H,4-7H2,1-3H3,(H2,17,18,19,20,22). The van der Waals surface area contributed by atoms with Gasteiger partial charge in [0, 0.05) is 0 Å². The number of aromatic nitrogens is 2. The summed E-state index contributed by atoms with van der Waals surface area (Å²) in [6, 6.07) is 0.0538. The Morgan fingerprint density at radius 1 is 1.28 bits per heavy atom. The van der Waals surface area contributed by atoms with Gasteiger partial charge in [-0.15, -0.1) is 0 Å². The second-order valence-corrected chi connectivity index (χ2v) is 7.15. The molecule has 1 aliphatic carbocycles. The van der Waals surface area contributed by atoms with Crippen LogP contribution in [0.25, 0.3) is 0 Å². The maximum atomic E-state index is 14.9. The first-order valence-corrected chi connectivity index (χ1v) is 9.89. The van der Waals surface area contributed by atoms with E-state index in [0.29, 0.717) is 0 Å². The lowest BCUT2D eigenvalue weighted by Crippen LogP contribution is -2.47. The van der Waals surface area contributed by atoms with E-state index in [1.54, 1.807) is 0 Å². The summed E-state index contributed by atoms with van der Waals surface area (Å²) in [6.07, 6.45) is -1.72. The second kappa shape index (κ2) is 9.17. The minimum Gasteiger partial charge on any atom is -0.481 e. The third-order valence-electron chi connectivity index (χ3n) is 3.92. The van der Waals surface area contributed by atoms with Crippen molar-refractivity contribution in [3.63, 3.8) is 0 Å². The molecule has 1 saturated carbocycles. The van der Waals surface area contributed by atoms with E-state index in [1.165, 1.54) is 31.9 Å². The zero-order valence-corrected chi connectivity index (χ0v) is 16.7. The summed E-state index contributed by atoms with van der Waals surface area (Å²) < 4.78 is 59.8. The van der Waals surface area contributed by atoms with Gasteiger partial charge in [0.2, 0.25) is 23.4 Å². The van der Waals surface area contributed by atoms with Crippen molar-refractivity contribution in [2.45, 2.75) is 38.0 Å². The number of halogens is 1. The van der Waals surface area contributed by atoms with Gasteiger partial charge in [0.25, 0.3) is 0 Å². The lowest BCUT2D eigenvalue weighted by Gasteiger charge is -2.24. The quantitative estimate of drug-likeness (QED) is 0.556. The molecule has 0 spiro atoms. The monoisotopic (exact) mass is 436 g/mol. The number of urea groups is 1.